The first-order valence-corrected chi connectivity index (χ1v) is 7.91. The third-order valence-corrected chi connectivity index (χ3v) is 4.42. The Labute approximate surface area is 129 Å². The van der Waals surface area contributed by atoms with Crippen molar-refractivity contribution >= 4 is 17.0 Å². The maximum atomic E-state index is 4.69. The van der Waals surface area contributed by atoms with Gasteiger partial charge in [-0.1, -0.05) is 36.4 Å². The highest BCUT2D eigenvalue weighted by molar-refractivity contribution is 7.09. The van der Waals surface area contributed by atoms with Crippen LogP contribution in [-0.2, 0) is 6.54 Å². The highest BCUT2D eigenvalue weighted by Gasteiger charge is 2.04. The van der Waals surface area contributed by atoms with Crippen LogP contribution in [0.2, 0.25) is 0 Å². The summed E-state index contributed by atoms with van der Waals surface area (Å²) in [6.45, 7) is 5.03. The summed E-state index contributed by atoms with van der Waals surface area (Å²) >= 11 is 1.70. The van der Waals surface area contributed by atoms with Gasteiger partial charge in [-0.05, 0) is 37.1 Å². The molecule has 0 aliphatic carbocycles. The van der Waals surface area contributed by atoms with E-state index in [1.165, 1.54) is 16.7 Å². The van der Waals surface area contributed by atoms with Gasteiger partial charge in [-0.2, -0.15) is 0 Å². The molecule has 3 heteroatoms. The Bertz CT molecular complexity index is 732. The lowest BCUT2D eigenvalue weighted by atomic mass is 10.1. The number of nitrogens with one attached hydrogen (secondary N) is 1. The van der Waals surface area contributed by atoms with Crippen molar-refractivity contribution in [2.75, 3.05) is 5.32 Å². The van der Waals surface area contributed by atoms with E-state index >= 15 is 0 Å². The van der Waals surface area contributed by atoms with Crippen molar-refractivity contribution in [3.63, 3.8) is 0 Å². The Balaban J connectivity index is 1.69. The van der Waals surface area contributed by atoms with Gasteiger partial charge in [0.15, 0.2) is 0 Å². The molecule has 0 aliphatic rings. The third kappa shape index (κ3) is 3.31. The predicted molar refractivity (Wildman–Crippen MR) is 90.8 cm³/mol. The Hall–Kier alpha value is -2.13. The standard InChI is InChI=1S/C18H18N2S/c1-13-8-9-16(10-14(13)2)19-11-18-20-17(12-21-18)15-6-4-3-5-7-15/h3-10,12,19H,11H2,1-2H3. The molecule has 2 aromatic carbocycles. The molecule has 0 radical (unpaired) electrons. The quantitative estimate of drug-likeness (QED) is 0.729. The number of nitrogens with zero attached hydrogens (tertiary/aromatic N) is 1. The summed E-state index contributed by atoms with van der Waals surface area (Å²) in [5.74, 6) is 0. The molecule has 0 fully saturated rings. The fraction of sp³-hybridized carbons (Fsp3) is 0.167. The smallest absolute Gasteiger partial charge is 0.112 e. The summed E-state index contributed by atoms with van der Waals surface area (Å²) in [5, 5.41) is 6.66. The summed E-state index contributed by atoms with van der Waals surface area (Å²) in [6, 6.07) is 16.7. The van der Waals surface area contributed by atoms with E-state index in [0.717, 1.165) is 22.9 Å². The molecule has 0 unspecified atom stereocenters. The molecular formula is C18H18N2S. The van der Waals surface area contributed by atoms with E-state index in [1.807, 2.05) is 18.2 Å². The molecule has 0 atom stereocenters. The Morgan fingerprint density at radius 1 is 1.00 bits per heavy atom. The van der Waals surface area contributed by atoms with Gasteiger partial charge in [0.05, 0.1) is 12.2 Å². The second-order valence-corrected chi connectivity index (χ2v) is 6.09. The monoisotopic (exact) mass is 294 g/mol. The fourth-order valence-electron chi connectivity index (χ4n) is 2.16. The lowest BCUT2D eigenvalue weighted by Crippen LogP contribution is -1.99. The maximum Gasteiger partial charge on any atom is 0.112 e. The van der Waals surface area contributed by atoms with E-state index in [0.29, 0.717) is 0 Å². The summed E-state index contributed by atoms with van der Waals surface area (Å²) < 4.78 is 0. The average Bonchev–Trinajstić information content (AvgIpc) is 2.98. The van der Waals surface area contributed by atoms with Crippen molar-refractivity contribution in [3.8, 4) is 11.3 Å². The molecule has 0 saturated heterocycles. The summed E-state index contributed by atoms with van der Waals surface area (Å²) in [4.78, 5) is 4.69. The molecule has 0 amide bonds. The van der Waals surface area contributed by atoms with E-state index in [2.05, 4.69) is 54.9 Å². The number of benzene rings is 2. The topological polar surface area (TPSA) is 24.9 Å². The molecule has 106 valence electrons. The van der Waals surface area contributed by atoms with Crippen LogP contribution in [-0.4, -0.2) is 4.98 Å². The number of aryl methyl sites for hydroxylation is 2. The first-order chi connectivity index (χ1) is 10.2. The van der Waals surface area contributed by atoms with Crippen LogP contribution in [0.4, 0.5) is 5.69 Å². The van der Waals surface area contributed by atoms with Crippen LogP contribution in [0, 0.1) is 13.8 Å². The van der Waals surface area contributed by atoms with Crippen LogP contribution in [0.15, 0.2) is 53.9 Å². The molecule has 0 aliphatic heterocycles. The third-order valence-electron chi connectivity index (χ3n) is 3.57. The molecular weight excluding hydrogens is 276 g/mol. The van der Waals surface area contributed by atoms with Gasteiger partial charge in [0.1, 0.15) is 5.01 Å². The van der Waals surface area contributed by atoms with Gasteiger partial charge in [-0.25, -0.2) is 4.98 Å². The van der Waals surface area contributed by atoms with Gasteiger partial charge in [0.25, 0.3) is 0 Å². The maximum absolute atomic E-state index is 4.69. The molecule has 1 N–H and O–H groups in total. The van der Waals surface area contributed by atoms with E-state index in [-0.39, 0.29) is 0 Å². The number of thiazole rings is 1. The van der Waals surface area contributed by atoms with Crippen LogP contribution in [0.5, 0.6) is 0 Å². The van der Waals surface area contributed by atoms with Crippen molar-refractivity contribution in [2.24, 2.45) is 0 Å². The van der Waals surface area contributed by atoms with Crippen molar-refractivity contribution in [3.05, 3.63) is 70.0 Å². The minimum atomic E-state index is 0.764. The second kappa shape index (κ2) is 6.10. The van der Waals surface area contributed by atoms with Crippen LogP contribution in [0.25, 0.3) is 11.3 Å². The molecule has 2 nitrogen and oxygen atoms in total. The van der Waals surface area contributed by atoms with Gasteiger partial charge >= 0.3 is 0 Å². The van der Waals surface area contributed by atoms with Gasteiger partial charge in [-0.3, -0.25) is 0 Å². The van der Waals surface area contributed by atoms with Crippen molar-refractivity contribution in [1.29, 1.82) is 0 Å². The van der Waals surface area contributed by atoms with Crippen molar-refractivity contribution in [1.82, 2.24) is 4.98 Å². The molecule has 3 aromatic rings. The first kappa shape index (κ1) is 13.8. The zero-order valence-corrected chi connectivity index (χ0v) is 13.1. The van der Waals surface area contributed by atoms with Crippen LogP contribution in [0.3, 0.4) is 0 Å². The van der Waals surface area contributed by atoms with Gasteiger partial charge in [-0.15, -0.1) is 11.3 Å². The van der Waals surface area contributed by atoms with E-state index in [1.54, 1.807) is 11.3 Å². The zero-order chi connectivity index (χ0) is 14.7. The largest absolute Gasteiger partial charge is 0.379 e. The first-order valence-electron chi connectivity index (χ1n) is 7.03. The molecule has 1 heterocycles. The number of rotatable bonds is 4. The van der Waals surface area contributed by atoms with Crippen LogP contribution >= 0.6 is 11.3 Å². The summed E-state index contributed by atoms with van der Waals surface area (Å²) in [7, 11) is 0. The molecule has 0 bridgehead atoms. The average molecular weight is 294 g/mol. The zero-order valence-electron chi connectivity index (χ0n) is 12.3. The minimum absolute atomic E-state index is 0.764. The predicted octanol–water partition coefficient (Wildman–Crippen LogP) is 5.04. The molecule has 0 spiro atoms. The number of hydrogen-bond acceptors (Lipinski definition) is 3. The van der Waals surface area contributed by atoms with Gasteiger partial charge < -0.3 is 5.32 Å². The molecule has 3 rings (SSSR count). The number of hydrogen-bond donors (Lipinski definition) is 1. The number of aromatic nitrogens is 1. The second-order valence-electron chi connectivity index (χ2n) is 5.15. The van der Waals surface area contributed by atoms with Crippen molar-refractivity contribution < 1.29 is 0 Å². The highest BCUT2D eigenvalue weighted by Crippen LogP contribution is 2.22. The highest BCUT2D eigenvalue weighted by atomic mass is 32.1. The van der Waals surface area contributed by atoms with Crippen LogP contribution < -0.4 is 5.32 Å². The Morgan fingerprint density at radius 3 is 2.57 bits per heavy atom. The Morgan fingerprint density at radius 2 is 1.81 bits per heavy atom. The number of anilines is 1. The summed E-state index contributed by atoms with van der Waals surface area (Å²) in [6.07, 6.45) is 0. The summed E-state index contributed by atoms with van der Waals surface area (Å²) in [5.41, 5.74) is 6.00. The normalized spacial score (nSPS) is 10.6. The molecule has 1 aromatic heterocycles. The SMILES string of the molecule is Cc1ccc(NCc2nc(-c3ccccc3)cs2)cc1C. The molecule has 21 heavy (non-hydrogen) atoms. The Kier molecular flexibility index (Phi) is 4.02. The van der Waals surface area contributed by atoms with Crippen molar-refractivity contribution in [2.45, 2.75) is 20.4 Å². The lowest BCUT2D eigenvalue weighted by molar-refractivity contribution is 1.10. The minimum Gasteiger partial charge on any atom is -0.379 e. The van der Waals surface area contributed by atoms with E-state index in [9.17, 15) is 0 Å². The van der Waals surface area contributed by atoms with Gasteiger partial charge in [0, 0.05) is 16.6 Å². The molecule has 0 saturated carbocycles. The van der Waals surface area contributed by atoms with Crippen LogP contribution in [0.1, 0.15) is 16.1 Å². The van der Waals surface area contributed by atoms with E-state index in [4.69, 9.17) is 4.98 Å². The van der Waals surface area contributed by atoms with E-state index < -0.39 is 0 Å². The van der Waals surface area contributed by atoms with Gasteiger partial charge in [0.2, 0.25) is 0 Å². The lowest BCUT2D eigenvalue weighted by Gasteiger charge is -2.07. The fourth-order valence-corrected chi connectivity index (χ4v) is 2.91.